The highest BCUT2D eigenvalue weighted by atomic mass is 16.3. The molecular formula is C17H21N5O. The van der Waals surface area contributed by atoms with Crippen molar-refractivity contribution in [1.82, 2.24) is 20.3 Å². The van der Waals surface area contributed by atoms with Gasteiger partial charge in [-0.1, -0.05) is 30.2 Å². The lowest BCUT2D eigenvalue weighted by atomic mass is 9.90. The molecular weight excluding hydrogens is 290 g/mol. The summed E-state index contributed by atoms with van der Waals surface area (Å²) in [5.41, 5.74) is 2.41. The SMILES string of the molecule is N#Cc1cccc(CN[C@H]2CCCC[C@H]2n2cc(CO)nn2)c1. The number of rotatable bonds is 5. The maximum absolute atomic E-state index is 9.16. The van der Waals surface area contributed by atoms with E-state index in [0.717, 1.165) is 24.9 Å². The van der Waals surface area contributed by atoms with Gasteiger partial charge in [0.1, 0.15) is 5.69 Å². The summed E-state index contributed by atoms with van der Waals surface area (Å²) in [5, 5.41) is 29.9. The topological polar surface area (TPSA) is 86.8 Å². The van der Waals surface area contributed by atoms with E-state index in [2.05, 4.69) is 21.7 Å². The predicted molar refractivity (Wildman–Crippen MR) is 85.2 cm³/mol. The molecule has 2 atom stereocenters. The van der Waals surface area contributed by atoms with Crippen molar-refractivity contribution in [3.05, 3.63) is 47.3 Å². The van der Waals surface area contributed by atoms with Gasteiger partial charge >= 0.3 is 0 Å². The van der Waals surface area contributed by atoms with Crippen LogP contribution in [-0.2, 0) is 13.2 Å². The minimum atomic E-state index is -0.0776. The van der Waals surface area contributed by atoms with Gasteiger partial charge in [0.05, 0.1) is 30.5 Å². The highest BCUT2D eigenvalue weighted by Crippen LogP contribution is 2.28. The van der Waals surface area contributed by atoms with Crippen molar-refractivity contribution in [3.63, 3.8) is 0 Å². The van der Waals surface area contributed by atoms with E-state index in [1.54, 1.807) is 0 Å². The van der Waals surface area contributed by atoms with Gasteiger partial charge < -0.3 is 10.4 Å². The molecule has 1 heterocycles. The maximum atomic E-state index is 9.16. The number of hydrogen-bond acceptors (Lipinski definition) is 5. The molecule has 0 aliphatic heterocycles. The third kappa shape index (κ3) is 3.76. The Balaban J connectivity index is 1.68. The zero-order valence-corrected chi connectivity index (χ0v) is 13.0. The van der Waals surface area contributed by atoms with Crippen molar-refractivity contribution in [2.45, 2.75) is 50.9 Å². The van der Waals surface area contributed by atoms with Crippen LogP contribution in [0.3, 0.4) is 0 Å². The average molecular weight is 311 g/mol. The van der Waals surface area contributed by atoms with Crippen LogP contribution in [0.1, 0.15) is 48.5 Å². The summed E-state index contributed by atoms with van der Waals surface area (Å²) in [7, 11) is 0. The van der Waals surface area contributed by atoms with Gasteiger partial charge in [-0.05, 0) is 30.5 Å². The van der Waals surface area contributed by atoms with Crippen LogP contribution in [0.4, 0.5) is 0 Å². The van der Waals surface area contributed by atoms with Crippen LogP contribution in [0.15, 0.2) is 30.5 Å². The Bertz CT molecular complexity index is 690. The second-order valence-corrected chi connectivity index (χ2v) is 6.00. The molecule has 1 aliphatic rings. The molecule has 6 heteroatoms. The number of aliphatic hydroxyl groups excluding tert-OH is 1. The smallest absolute Gasteiger partial charge is 0.108 e. The Morgan fingerprint density at radius 3 is 3.00 bits per heavy atom. The number of nitriles is 1. The van der Waals surface area contributed by atoms with Crippen LogP contribution in [0.25, 0.3) is 0 Å². The molecule has 1 saturated carbocycles. The van der Waals surface area contributed by atoms with Crippen LogP contribution >= 0.6 is 0 Å². The molecule has 2 N–H and O–H groups in total. The lowest BCUT2D eigenvalue weighted by molar-refractivity contribution is 0.242. The monoisotopic (exact) mass is 311 g/mol. The first-order valence-corrected chi connectivity index (χ1v) is 8.04. The fourth-order valence-electron chi connectivity index (χ4n) is 3.21. The molecule has 2 aromatic rings. The summed E-state index contributed by atoms with van der Waals surface area (Å²) < 4.78 is 1.88. The number of aliphatic hydroxyl groups is 1. The van der Waals surface area contributed by atoms with E-state index in [9.17, 15) is 0 Å². The first kappa shape index (κ1) is 15.7. The van der Waals surface area contributed by atoms with Crippen LogP contribution in [0.2, 0.25) is 0 Å². The molecule has 0 saturated heterocycles. The highest BCUT2D eigenvalue weighted by molar-refractivity contribution is 5.32. The summed E-state index contributed by atoms with van der Waals surface area (Å²) >= 11 is 0. The van der Waals surface area contributed by atoms with E-state index >= 15 is 0 Å². The van der Waals surface area contributed by atoms with E-state index in [4.69, 9.17) is 10.4 Å². The molecule has 1 aliphatic carbocycles. The Morgan fingerprint density at radius 2 is 2.22 bits per heavy atom. The molecule has 120 valence electrons. The quantitative estimate of drug-likeness (QED) is 0.881. The van der Waals surface area contributed by atoms with Crippen LogP contribution in [0.5, 0.6) is 0 Å². The summed E-state index contributed by atoms with van der Waals surface area (Å²) in [6.45, 7) is 0.657. The molecule has 1 aromatic heterocycles. The molecule has 0 radical (unpaired) electrons. The van der Waals surface area contributed by atoms with Gasteiger partial charge in [-0.25, -0.2) is 4.68 Å². The fourth-order valence-corrected chi connectivity index (χ4v) is 3.21. The average Bonchev–Trinajstić information content (AvgIpc) is 3.09. The summed E-state index contributed by atoms with van der Waals surface area (Å²) in [5.74, 6) is 0. The van der Waals surface area contributed by atoms with Gasteiger partial charge in [-0.15, -0.1) is 5.10 Å². The zero-order chi connectivity index (χ0) is 16.1. The van der Waals surface area contributed by atoms with Gasteiger partial charge in [-0.2, -0.15) is 5.26 Å². The molecule has 23 heavy (non-hydrogen) atoms. The molecule has 3 rings (SSSR count). The largest absolute Gasteiger partial charge is 0.390 e. The second-order valence-electron chi connectivity index (χ2n) is 6.00. The first-order valence-electron chi connectivity index (χ1n) is 8.04. The number of nitrogens with zero attached hydrogens (tertiary/aromatic N) is 4. The minimum Gasteiger partial charge on any atom is -0.390 e. The third-order valence-corrected chi connectivity index (χ3v) is 4.41. The molecule has 1 aromatic carbocycles. The second kappa shape index (κ2) is 7.36. The van der Waals surface area contributed by atoms with Crippen LogP contribution in [0, 0.1) is 11.3 Å². The first-order chi connectivity index (χ1) is 11.3. The highest BCUT2D eigenvalue weighted by Gasteiger charge is 2.27. The Morgan fingerprint density at radius 1 is 1.35 bits per heavy atom. The van der Waals surface area contributed by atoms with Crippen LogP contribution in [-0.4, -0.2) is 26.1 Å². The molecule has 0 amide bonds. The number of benzene rings is 1. The van der Waals surface area contributed by atoms with Crippen molar-refractivity contribution < 1.29 is 5.11 Å². The summed E-state index contributed by atoms with van der Waals surface area (Å²) in [6.07, 6.45) is 6.37. The predicted octanol–water partition coefficient (Wildman–Crippen LogP) is 1.92. The van der Waals surface area contributed by atoms with E-state index in [1.807, 2.05) is 35.1 Å². The Kier molecular flexibility index (Phi) is 5.01. The van der Waals surface area contributed by atoms with Gasteiger partial charge in [0, 0.05) is 12.6 Å². The van der Waals surface area contributed by atoms with Crippen molar-refractivity contribution >= 4 is 0 Å². The van der Waals surface area contributed by atoms with Crippen molar-refractivity contribution in [1.29, 1.82) is 5.26 Å². The van der Waals surface area contributed by atoms with Crippen molar-refractivity contribution in [2.75, 3.05) is 0 Å². The number of hydrogen-bond donors (Lipinski definition) is 2. The normalized spacial score (nSPS) is 21.0. The zero-order valence-electron chi connectivity index (χ0n) is 13.0. The Labute approximate surface area is 135 Å². The maximum Gasteiger partial charge on any atom is 0.108 e. The number of nitrogens with one attached hydrogen (secondary N) is 1. The third-order valence-electron chi connectivity index (χ3n) is 4.41. The number of aromatic nitrogens is 3. The van der Waals surface area contributed by atoms with Crippen molar-refractivity contribution in [2.24, 2.45) is 0 Å². The molecule has 6 nitrogen and oxygen atoms in total. The summed E-state index contributed by atoms with van der Waals surface area (Å²) in [6, 6.07) is 10.4. The van der Waals surface area contributed by atoms with E-state index in [1.165, 1.54) is 12.8 Å². The molecule has 0 unspecified atom stereocenters. The van der Waals surface area contributed by atoms with Gasteiger partial charge in [0.25, 0.3) is 0 Å². The summed E-state index contributed by atoms with van der Waals surface area (Å²) in [4.78, 5) is 0. The van der Waals surface area contributed by atoms with Crippen LogP contribution < -0.4 is 5.32 Å². The lowest BCUT2D eigenvalue weighted by Crippen LogP contribution is -2.39. The van der Waals surface area contributed by atoms with E-state index in [0.29, 0.717) is 17.3 Å². The molecule has 0 bridgehead atoms. The van der Waals surface area contributed by atoms with Gasteiger partial charge in [0.2, 0.25) is 0 Å². The Hall–Kier alpha value is -2.23. The van der Waals surface area contributed by atoms with Gasteiger partial charge in [-0.3, -0.25) is 0 Å². The standard InChI is InChI=1S/C17H21N5O/c18-9-13-4-3-5-14(8-13)10-19-16-6-1-2-7-17(16)22-11-15(12-23)20-21-22/h3-5,8,11,16-17,19,23H,1-2,6-7,10,12H2/t16-,17+/m0/s1. The van der Waals surface area contributed by atoms with Gasteiger partial charge in [0.15, 0.2) is 0 Å². The lowest BCUT2D eigenvalue weighted by Gasteiger charge is -2.32. The minimum absolute atomic E-state index is 0.0776. The molecule has 0 spiro atoms. The molecule has 1 fully saturated rings. The van der Waals surface area contributed by atoms with E-state index < -0.39 is 0 Å². The van der Waals surface area contributed by atoms with Crippen molar-refractivity contribution in [3.8, 4) is 6.07 Å². The van der Waals surface area contributed by atoms with E-state index in [-0.39, 0.29) is 12.6 Å². The fraction of sp³-hybridized carbons (Fsp3) is 0.471.